The fourth-order valence-corrected chi connectivity index (χ4v) is 3.01. The van der Waals surface area contributed by atoms with Crippen molar-refractivity contribution in [2.45, 2.75) is 45.1 Å². The largest absolute Gasteiger partial charge is 0.314 e. The summed E-state index contributed by atoms with van der Waals surface area (Å²) in [6.45, 7) is 3.39. The van der Waals surface area contributed by atoms with E-state index in [-0.39, 0.29) is 0 Å². The molecule has 0 amide bonds. The van der Waals surface area contributed by atoms with Crippen molar-refractivity contribution in [2.75, 3.05) is 6.54 Å². The lowest BCUT2D eigenvalue weighted by atomic mass is 9.99. The quantitative estimate of drug-likeness (QED) is 0.822. The number of aromatic nitrogens is 1. The third kappa shape index (κ3) is 3.18. The molecule has 1 heterocycles. The van der Waals surface area contributed by atoms with Crippen LogP contribution in [0.15, 0.2) is 36.5 Å². The molecule has 1 aliphatic carbocycles. The van der Waals surface area contributed by atoms with Gasteiger partial charge in [-0.05, 0) is 56.2 Å². The first kappa shape index (κ1) is 13.6. The minimum absolute atomic E-state index is 0.703. The van der Waals surface area contributed by atoms with Gasteiger partial charge in [-0.3, -0.25) is 4.98 Å². The topological polar surface area (TPSA) is 24.9 Å². The second-order valence-corrected chi connectivity index (χ2v) is 5.93. The molecule has 106 valence electrons. The molecular weight excluding hydrogens is 244 g/mol. The summed E-state index contributed by atoms with van der Waals surface area (Å²) in [5.74, 6) is 0.921. The highest BCUT2D eigenvalue weighted by atomic mass is 14.9. The first-order valence-electron chi connectivity index (χ1n) is 7.94. The molecule has 1 N–H and O–H groups in total. The molecule has 1 aromatic heterocycles. The van der Waals surface area contributed by atoms with Crippen LogP contribution in [0.5, 0.6) is 0 Å². The Morgan fingerprint density at radius 2 is 2.10 bits per heavy atom. The van der Waals surface area contributed by atoms with Gasteiger partial charge in [0, 0.05) is 17.6 Å². The molecule has 2 heteroatoms. The highest BCUT2D eigenvalue weighted by molar-refractivity contribution is 5.81. The number of rotatable bonds is 7. The van der Waals surface area contributed by atoms with Gasteiger partial charge >= 0.3 is 0 Å². The number of nitrogens with one attached hydrogen (secondary N) is 1. The van der Waals surface area contributed by atoms with E-state index in [2.05, 4.69) is 41.5 Å². The number of hydrogen-bond acceptors (Lipinski definition) is 2. The fourth-order valence-electron chi connectivity index (χ4n) is 3.01. The van der Waals surface area contributed by atoms with Gasteiger partial charge in [-0.15, -0.1) is 0 Å². The molecule has 0 bridgehead atoms. The summed E-state index contributed by atoms with van der Waals surface area (Å²) in [5, 5.41) is 4.99. The van der Waals surface area contributed by atoms with E-state index in [9.17, 15) is 0 Å². The zero-order chi connectivity index (χ0) is 13.8. The predicted molar refractivity (Wildman–Crippen MR) is 84.9 cm³/mol. The number of pyridine rings is 1. The molecule has 1 saturated carbocycles. The average Bonchev–Trinajstić information content (AvgIpc) is 3.32. The summed E-state index contributed by atoms with van der Waals surface area (Å²) in [6.07, 6.45) is 8.31. The fraction of sp³-hybridized carbons (Fsp3) is 0.500. The highest BCUT2D eigenvalue weighted by Gasteiger charge is 2.30. The van der Waals surface area contributed by atoms with Crippen LogP contribution < -0.4 is 5.32 Å². The third-order valence-corrected chi connectivity index (χ3v) is 4.29. The van der Waals surface area contributed by atoms with Crippen molar-refractivity contribution in [1.29, 1.82) is 0 Å². The lowest BCUT2D eigenvalue weighted by Gasteiger charge is -2.18. The summed E-state index contributed by atoms with van der Waals surface area (Å²) in [5.41, 5.74) is 2.58. The van der Waals surface area contributed by atoms with Crippen molar-refractivity contribution in [1.82, 2.24) is 10.3 Å². The maximum atomic E-state index is 4.56. The van der Waals surface area contributed by atoms with Crippen molar-refractivity contribution < 1.29 is 0 Å². The smallest absolute Gasteiger partial charge is 0.0733 e. The molecule has 1 unspecified atom stereocenters. The van der Waals surface area contributed by atoms with Crippen molar-refractivity contribution in [2.24, 2.45) is 5.92 Å². The molecule has 3 rings (SSSR count). The minimum Gasteiger partial charge on any atom is -0.314 e. The van der Waals surface area contributed by atoms with Crippen LogP contribution in [0.2, 0.25) is 0 Å². The number of para-hydroxylation sites is 1. The molecule has 0 spiro atoms. The monoisotopic (exact) mass is 268 g/mol. The van der Waals surface area contributed by atoms with Crippen LogP contribution in [0.25, 0.3) is 10.9 Å². The predicted octanol–water partition coefficient (Wildman–Crippen LogP) is 3.95. The number of fused-ring (bicyclic) bond motifs is 1. The van der Waals surface area contributed by atoms with Gasteiger partial charge in [0.25, 0.3) is 0 Å². The van der Waals surface area contributed by atoms with Crippen LogP contribution in [0.1, 0.15) is 38.2 Å². The Hall–Kier alpha value is -1.41. The first-order valence-corrected chi connectivity index (χ1v) is 7.94. The van der Waals surface area contributed by atoms with E-state index in [1.54, 1.807) is 0 Å². The molecule has 20 heavy (non-hydrogen) atoms. The number of benzene rings is 1. The van der Waals surface area contributed by atoms with Crippen LogP contribution >= 0.6 is 0 Å². The van der Waals surface area contributed by atoms with Crippen LogP contribution in [0.3, 0.4) is 0 Å². The Balaban J connectivity index is 1.69. The SMILES string of the molecule is CCCNC(CCc1cccc2cccnc12)C1CC1. The Kier molecular flexibility index (Phi) is 4.31. The summed E-state index contributed by atoms with van der Waals surface area (Å²) >= 11 is 0. The van der Waals surface area contributed by atoms with Crippen molar-refractivity contribution in [3.63, 3.8) is 0 Å². The van der Waals surface area contributed by atoms with Gasteiger partial charge in [-0.1, -0.05) is 31.2 Å². The Labute approximate surface area is 121 Å². The molecule has 1 fully saturated rings. The number of nitrogens with zero attached hydrogens (tertiary/aromatic N) is 1. The second kappa shape index (κ2) is 6.36. The van der Waals surface area contributed by atoms with E-state index in [0.717, 1.165) is 18.9 Å². The zero-order valence-electron chi connectivity index (χ0n) is 12.3. The van der Waals surface area contributed by atoms with Gasteiger partial charge in [0.2, 0.25) is 0 Å². The van der Waals surface area contributed by atoms with Crippen molar-refractivity contribution in [3.8, 4) is 0 Å². The summed E-state index contributed by atoms with van der Waals surface area (Å²) in [7, 11) is 0. The normalized spacial score (nSPS) is 16.4. The molecule has 0 radical (unpaired) electrons. The molecule has 1 aliphatic rings. The lowest BCUT2D eigenvalue weighted by Crippen LogP contribution is -2.32. The summed E-state index contributed by atoms with van der Waals surface area (Å²) in [6, 6.07) is 11.4. The van der Waals surface area contributed by atoms with E-state index in [1.807, 2.05) is 12.3 Å². The van der Waals surface area contributed by atoms with Gasteiger partial charge in [0.15, 0.2) is 0 Å². The van der Waals surface area contributed by atoms with E-state index in [0.29, 0.717) is 6.04 Å². The molecule has 1 aromatic carbocycles. The minimum atomic E-state index is 0.703. The maximum absolute atomic E-state index is 4.56. The van der Waals surface area contributed by atoms with Gasteiger partial charge in [-0.25, -0.2) is 0 Å². The Morgan fingerprint density at radius 1 is 1.25 bits per heavy atom. The molecule has 0 saturated heterocycles. The van der Waals surface area contributed by atoms with Gasteiger partial charge in [-0.2, -0.15) is 0 Å². The molecule has 1 atom stereocenters. The maximum Gasteiger partial charge on any atom is 0.0733 e. The number of aryl methyl sites for hydroxylation is 1. The van der Waals surface area contributed by atoms with E-state index >= 15 is 0 Å². The number of hydrogen-bond donors (Lipinski definition) is 1. The molecule has 2 nitrogen and oxygen atoms in total. The Morgan fingerprint density at radius 3 is 2.90 bits per heavy atom. The molecule has 2 aromatic rings. The van der Waals surface area contributed by atoms with Gasteiger partial charge in [0.1, 0.15) is 0 Å². The average molecular weight is 268 g/mol. The highest BCUT2D eigenvalue weighted by Crippen LogP contribution is 2.34. The lowest BCUT2D eigenvalue weighted by molar-refractivity contribution is 0.436. The van der Waals surface area contributed by atoms with Gasteiger partial charge in [0.05, 0.1) is 5.52 Å². The van der Waals surface area contributed by atoms with E-state index < -0.39 is 0 Å². The standard InChI is InChI=1S/C18H24N2/c1-2-12-19-17(14-8-9-14)11-10-16-6-3-5-15-7-4-13-20-18(15)16/h3-7,13-14,17,19H,2,8-12H2,1H3. The van der Waals surface area contributed by atoms with E-state index in [1.165, 1.54) is 42.1 Å². The third-order valence-electron chi connectivity index (χ3n) is 4.29. The van der Waals surface area contributed by atoms with Crippen LogP contribution in [-0.2, 0) is 6.42 Å². The van der Waals surface area contributed by atoms with Gasteiger partial charge < -0.3 is 5.32 Å². The summed E-state index contributed by atoms with van der Waals surface area (Å²) < 4.78 is 0. The van der Waals surface area contributed by atoms with Crippen LogP contribution in [0, 0.1) is 5.92 Å². The van der Waals surface area contributed by atoms with E-state index in [4.69, 9.17) is 0 Å². The second-order valence-electron chi connectivity index (χ2n) is 5.93. The molecular formula is C18H24N2. The van der Waals surface area contributed by atoms with Crippen LogP contribution in [-0.4, -0.2) is 17.6 Å². The zero-order valence-corrected chi connectivity index (χ0v) is 12.3. The molecule has 0 aliphatic heterocycles. The van der Waals surface area contributed by atoms with Crippen molar-refractivity contribution >= 4 is 10.9 Å². The summed E-state index contributed by atoms with van der Waals surface area (Å²) in [4.78, 5) is 4.56. The van der Waals surface area contributed by atoms with Crippen LogP contribution in [0.4, 0.5) is 0 Å². The van der Waals surface area contributed by atoms with Crippen molar-refractivity contribution in [3.05, 3.63) is 42.1 Å². The first-order chi connectivity index (χ1) is 9.88. The Bertz CT molecular complexity index is 555.